The maximum absolute atomic E-state index is 13.7. The fourth-order valence-corrected chi connectivity index (χ4v) is 4.39. The maximum Gasteiger partial charge on any atom is 0.272 e. The van der Waals surface area contributed by atoms with Gasteiger partial charge >= 0.3 is 0 Å². The van der Waals surface area contributed by atoms with Crippen LogP contribution in [0.5, 0.6) is 0 Å². The van der Waals surface area contributed by atoms with Crippen molar-refractivity contribution < 1.29 is 13.9 Å². The molecule has 2 saturated heterocycles. The van der Waals surface area contributed by atoms with E-state index in [4.69, 9.17) is 4.74 Å². The van der Waals surface area contributed by atoms with Gasteiger partial charge in [-0.05, 0) is 50.1 Å². The van der Waals surface area contributed by atoms with Gasteiger partial charge in [-0.2, -0.15) is 0 Å². The van der Waals surface area contributed by atoms with Crippen LogP contribution in [0, 0.1) is 12.7 Å². The van der Waals surface area contributed by atoms with Crippen LogP contribution in [0.15, 0.2) is 42.5 Å². The summed E-state index contributed by atoms with van der Waals surface area (Å²) in [5.41, 5.74) is 2.03. The molecule has 1 aromatic carbocycles. The van der Waals surface area contributed by atoms with E-state index < -0.39 is 0 Å². The molecule has 2 aliphatic heterocycles. The van der Waals surface area contributed by atoms with Gasteiger partial charge in [0.2, 0.25) is 0 Å². The first kappa shape index (κ1) is 17.9. The fourth-order valence-electron chi connectivity index (χ4n) is 4.39. The van der Waals surface area contributed by atoms with Gasteiger partial charge in [0, 0.05) is 38.1 Å². The Hall–Kier alpha value is -2.47. The lowest BCUT2D eigenvalue weighted by Gasteiger charge is -2.61. The van der Waals surface area contributed by atoms with Crippen LogP contribution in [0.1, 0.15) is 29.0 Å². The van der Waals surface area contributed by atoms with Crippen molar-refractivity contribution in [1.29, 1.82) is 0 Å². The van der Waals surface area contributed by atoms with Crippen LogP contribution < -0.4 is 4.90 Å². The topological polar surface area (TPSA) is 45.7 Å². The normalized spacial score (nSPS) is 21.2. The minimum atomic E-state index is -0.235. The van der Waals surface area contributed by atoms with E-state index >= 15 is 0 Å². The molecule has 0 bridgehead atoms. The van der Waals surface area contributed by atoms with Gasteiger partial charge in [-0.15, -0.1) is 0 Å². The summed E-state index contributed by atoms with van der Waals surface area (Å²) < 4.78 is 19.4. The van der Waals surface area contributed by atoms with Crippen LogP contribution in [0.4, 0.5) is 10.1 Å². The number of aryl methyl sites for hydroxylation is 1. The Morgan fingerprint density at radius 3 is 2.63 bits per heavy atom. The summed E-state index contributed by atoms with van der Waals surface area (Å²) in [6, 6.07) is 12.2. The van der Waals surface area contributed by atoms with Crippen LogP contribution in [0.2, 0.25) is 0 Å². The fraction of sp³-hybridized carbons (Fsp3) is 0.429. The maximum atomic E-state index is 13.7. The van der Waals surface area contributed by atoms with E-state index in [9.17, 15) is 9.18 Å². The first-order valence-electron chi connectivity index (χ1n) is 9.32. The monoisotopic (exact) mass is 369 g/mol. The molecule has 0 N–H and O–H groups in total. The number of halogens is 1. The van der Waals surface area contributed by atoms with Gasteiger partial charge in [0.1, 0.15) is 11.5 Å². The van der Waals surface area contributed by atoms with E-state index in [1.165, 1.54) is 6.07 Å². The number of hydrogen-bond acceptors (Lipinski definition) is 4. The largest absolute Gasteiger partial charge is 0.377 e. The number of piperidine rings is 1. The number of carbonyl (C=O) groups excluding carboxylic acids is 1. The predicted octanol–water partition coefficient (Wildman–Crippen LogP) is 3.04. The van der Waals surface area contributed by atoms with Crippen LogP contribution in [0.3, 0.4) is 0 Å². The van der Waals surface area contributed by atoms with Crippen LogP contribution >= 0.6 is 0 Å². The molecule has 1 atom stereocenters. The van der Waals surface area contributed by atoms with E-state index in [-0.39, 0.29) is 23.4 Å². The molecule has 0 radical (unpaired) electrons. The van der Waals surface area contributed by atoms with Crippen molar-refractivity contribution in [1.82, 2.24) is 9.88 Å². The molecule has 3 heterocycles. The number of carbonyl (C=O) groups is 1. The van der Waals surface area contributed by atoms with Crippen molar-refractivity contribution in [2.45, 2.75) is 31.4 Å². The number of pyridine rings is 1. The first-order valence-corrected chi connectivity index (χ1v) is 9.32. The van der Waals surface area contributed by atoms with Gasteiger partial charge in [0.05, 0.1) is 11.6 Å². The lowest BCUT2D eigenvalue weighted by atomic mass is 9.73. The molecule has 1 unspecified atom stereocenters. The Balaban J connectivity index is 1.51. The SMILES string of the molecule is COC1CN(c2cccc(F)c2)C12CCN(C(=O)c1cccc(C)n1)CC2. The van der Waals surface area contributed by atoms with E-state index in [0.717, 1.165) is 30.8 Å². The number of methoxy groups -OCH3 is 1. The molecular weight excluding hydrogens is 345 g/mol. The van der Waals surface area contributed by atoms with Crippen LogP contribution in [-0.2, 0) is 4.74 Å². The van der Waals surface area contributed by atoms with Crippen molar-refractivity contribution in [3.8, 4) is 0 Å². The molecule has 0 aliphatic carbocycles. The van der Waals surface area contributed by atoms with Crippen molar-refractivity contribution in [3.63, 3.8) is 0 Å². The van der Waals surface area contributed by atoms with Gasteiger partial charge < -0.3 is 14.5 Å². The third-order valence-electron chi connectivity index (χ3n) is 5.91. The highest BCUT2D eigenvalue weighted by Crippen LogP contribution is 2.44. The minimum absolute atomic E-state index is 0.0286. The van der Waals surface area contributed by atoms with Gasteiger partial charge in [-0.1, -0.05) is 12.1 Å². The summed E-state index contributed by atoms with van der Waals surface area (Å²) in [4.78, 5) is 21.2. The highest BCUT2D eigenvalue weighted by atomic mass is 19.1. The Bertz CT molecular complexity index is 849. The van der Waals surface area contributed by atoms with Gasteiger partial charge in [-0.25, -0.2) is 9.37 Å². The molecule has 0 saturated carbocycles. The molecule has 2 aromatic rings. The van der Waals surface area contributed by atoms with Crippen LogP contribution in [0.25, 0.3) is 0 Å². The molecule has 1 spiro atoms. The summed E-state index contributed by atoms with van der Waals surface area (Å²) in [5, 5.41) is 0. The first-order chi connectivity index (χ1) is 13.0. The van der Waals surface area contributed by atoms with Crippen molar-refractivity contribution in [3.05, 3.63) is 59.7 Å². The smallest absolute Gasteiger partial charge is 0.272 e. The van der Waals surface area contributed by atoms with E-state index in [2.05, 4.69) is 9.88 Å². The van der Waals surface area contributed by atoms with Crippen molar-refractivity contribution >= 4 is 11.6 Å². The number of nitrogens with zero attached hydrogens (tertiary/aromatic N) is 3. The second kappa shape index (κ2) is 6.93. The summed E-state index contributed by atoms with van der Waals surface area (Å²) >= 11 is 0. The second-order valence-corrected chi connectivity index (χ2v) is 7.37. The number of aromatic nitrogens is 1. The number of ether oxygens (including phenoxy) is 1. The zero-order chi connectivity index (χ0) is 19.0. The summed E-state index contributed by atoms with van der Waals surface area (Å²) in [7, 11) is 1.73. The third-order valence-corrected chi connectivity index (χ3v) is 5.91. The summed E-state index contributed by atoms with van der Waals surface area (Å²) in [6.45, 7) is 3.91. The molecular formula is C21H24FN3O2. The lowest BCUT2D eigenvalue weighted by Crippen LogP contribution is -2.74. The Morgan fingerprint density at radius 2 is 1.96 bits per heavy atom. The molecule has 1 aromatic heterocycles. The quantitative estimate of drug-likeness (QED) is 0.834. The average Bonchev–Trinajstić information content (AvgIpc) is 2.67. The van der Waals surface area contributed by atoms with Gasteiger partial charge in [0.15, 0.2) is 0 Å². The molecule has 1 amide bonds. The zero-order valence-electron chi connectivity index (χ0n) is 15.7. The molecule has 2 fully saturated rings. The highest BCUT2D eigenvalue weighted by molar-refractivity contribution is 5.92. The van der Waals surface area contributed by atoms with E-state index in [1.807, 2.05) is 30.0 Å². The number of likely N-dealkylation sites (tertiary alicyclic amines) is 1. The molecule has 5 nitrogen and oxygen atoms in total. The number of hydrogen-bond donors (Lipinski definition) is 0. The van der Waals surface area contributed by atoms with E-state index in [0.29, 0.717) is 18.8 Å². The lowest BCUT2D eigenvalue weighted by molar-refractivity contribution is -0.0434. The Labute approximate surface area is 158 Å². The van der Waals surface area contributed by atoms with Gasteiger partial charge in [-0.3, -0.25) is 4.79 Å². The van der Waals surface area contributed by atoms with Crippen molar-refractivity contribution in [2.24, 2.45) is 0 Å². The number of amides is 1. The van der Waals surface area contributed by atoms with Gasteiger partial charge in [0.25, 0.3) is 5.91 Å². The molecule has 142 valence electrons. The Morgan fingerprint density at radius 1 is 1.22 bits per heavy atom. The number of anilines is 1. The summed E-state index contributed by atoms with van der Waals surface area (Å²) in [6.07, 6.45) is 1.68. The third kappa shape index (κ3) is 3.08. The molecule has 27 heavy (non-hydrogen) atoms. The summed E-state index contributed by atoms with van der Waals surface area (Å²) in [5.74, 6) is -0.263. The van der Waals surface area contributed by atoms with Crippen molar-refractivity contribution in [2.75, 3.05) is 31.6 Å². The minimum Gasteiger partial charge on any atom is -0.377 e. The number of rotatable bonds is 3. The average molecular weight is 369 g/mol. The van der Waals surface area contributed by atoms with Crippen LogP contribution in [-0.4, -0.2) is 54.2 Å². The second-order valence-electron chi connectivity index (χ2n) is 7.37. The van der Waals surface area contributed by atoms with E-state index in [1.54, 1.807) is 25.3 Å². The number of benzene rings is 1. The Kier molecular flexibility index (Phi) is 4.60. The predicted molar refractivity (Wildman–Crippen MR) is 101 cm³/mol. The highest BCUT2D eigenvalue weighted by Gasteiger charge is 2.55. The zero-order valence-corrected chi connectivity index (χ0v) is 15.7. The standard InChI is InChI=1S/C21H24FN3O2/c1-15-5-3-8-18(23-15)20(26)24-11-9-21(10-12-24)19(27-2)14-25(21)17-7-4-6-16(22)13-17/h3-8,13,19H,9-12,14H2,1-2H3. The molecule has 2 aliphatic rings. The molecule has 6 heteroatoms. The molecule has 4 rings (SSSR count).